The maximum Gasteiger partial charge on any atom is 0.234 e. The largest absolute Gasteiger partial charge is 0.381 e. The zero-order valence-corrected chi connectivity index (χ0v) is 17.0. The second kappa shape index (κ2) is 8.43. The molecule has 4 rings (SSSR count). The van der Waals surface area contributed by atoms with Crippen LogP contribution in [0.1, 0.15) is 35.7 Å². The van der Waals surface area contributed by atoms with Gasteiger partial charge in [-0.25, -0.2) is 0 Å². The van der Waals surface area contributed by atoms with E-state index in [1.165, 1.54) is 0 Å². The van der Waals surface area contributed by atoms with Crippen molar-refractivity contribution in [3.05, 3.63) is 53.2 Å². The minimum atomic E-state index is -0.273. The predicted molar refractivity (Wildman–Crippen MR) is 109 cm³/mol. The minimum absolute atomic E-state index is 0. The van der Waals surface area contributed by atoms with Gasteiger partial charge >= 0.3 is 0 Å². The molecule has 8 heteroatoms. The molecule has 0 amide bonds. The van der Waals surface area contributed by atoms with Gasteiger partial charge in [0.05, 0.1) is 17.7 Å². The molecule has 1 aliphatic heterocycles. The number of hydrogen-bond donors (Lipinski definition) is 1. The second-order valence-corrected chi connectivity index (χ2v) is 7.31. The fourth-order valence-electron chi connectivity index (χ4n) is 3.64. The number of benzene rings is 1. The summed E-state index contributed by atoms with van der Waals surface area (Å²) in [5.74, 6) is 1.21. The third-order valence-electron chi connectivity index (χ3n) is 5.34. The molecular weight excluding hydrogens is 378 g/mol. The Morgan fingerprint density at radius 2 is 1.96 bits per heavy atom. The van der Waals surface area contributed by atoms with E-state index in [0.29, 0.717) is 38.0 Å². The molecular formula is C20H26ClN5O2. The number of hydrogen-bond acceptors (Lipinski definition) is 6. The van der Waals surface area contributed by atoms with Gasteiger partial charge in [0.15, 0.2) is 0 Å². The normalized spacial score (nSPS) is 16.0. The zero-order valence-electron chi connectivity index (χ0n) is 16.2. The summed E-state index contributed by atoms with van der Waals surface area (Å²) < 4.78 is 13.1. The van der Waals surface area contributed by atoms with E-state index >= 15 is 0 Å². The summed E-state index contributed by atoms with van der Waals surface area (Å²) in [6.45, 7) is 6.61. The first-order chi connectivity index (χ1) is 13.1. The Kier molecular flexibility index (Phi) is 6.17. The molecule has 1 fully saturated rings. The van der Waals surface area contributed by atoms with Crippen LogP contribution < -0.4 is 5.73 Å². The van der Waals surface area contributed by atoms with E-state index in [-0.39, 0.29) is 17.8 Å². The summed E-state index contributed by atoms with van der Waals surface area (Å²) in [6, 6.07) is 10.3. The maximum absolute atomic E-state index is 6.05. The van der Waals surface area contributed by atoms with Crippen molar-refractivity contribution >= 4 is 12.4 Å². The lowest BCUT2D eigenvalue weighted by Gasteiger charge is -2.32. The number of aryl methyl sites for hydroxylation is 2. The van der Waals surface area contributed by atoms with Crippen LogP contribution in [0, 0.1) is 13.8 Å². The second-order valence-electron chi connectivity index (χ2n) is 7.31. The van der Waals surface area contributed by atoms with Crippen LogP contribution in [0.2, 0.25) is 0 Å². The topological polar surface area (TPSA) is 92.0 Å². The average Bonchev–Trinajstić information content (AvgIpc) is 3.30. The van der Waals surface area contributed by atoms with Crippen molar-refractivity contribution in [3.63, 3.8) is 0 Å². The Hall–Kier alpha value is -2.22. The van der Waals surface area contributed by atoms with Crippen LogP contribution in [0.3, 0.4) is 0 Å². The number of aromatic nitrogens is 4. The highest BCUT2D eigenvalue weighted by atomic mass is 35.5. The molecule has 150 valence electrons. The Morgan fingerprint density at radius 3 is 2.64 bits per heavy atom. The zero-order chi connectivity index (χ0) is 18.9. The molecule has 1 aromatic carbocycles. The van der Waals surface area contributed by atoms with Crippen LogP contribution in [0.15, 0.2) is 34.9 Å². The van der Waals surface area contributed by atoms with Crippen LogP contribution in [-0.4, -0.2) is 39.7 Å². The fourth-order valence-corrected chi connectivity index (χ4v) is 3.64. The summed E-state index contributed by atoms with van der Waals surface area (Å²) in [5.41, 5.74) is 10.0. The monoisotopic (exact) mass is 403 g/mol. The molecule has 2 N–H and O–H groups in total. The van der Waals surface area contributed by atoms with Gasteiger partial charge in [-0.05, 0) is 44.4 Å². The highest BCUT2D eigenvalue weighted by Gasteiger charge is 2.38. The fraction of sp³-hybridized carbons (Fsp3) is 0.450. The first-order valence-corrected chi connectivity index (χ1v) is 9.32. The van der Waals surface area contributed by atoms with Gasteiger partial charge in [0.1, 0.15) is 0 Å². The van der Waals surface area contributed by atoms with Crippen molar-refractivity contribution < 1.29 is 9.26 Å². The maximum atomic E-state index is 6.05. The van der Waals surface area contributed by atoms with Crippen molar-refractivity contribution in [1.82, 2.24) is 19.9 Å². The number of nitrogens with zero attached hydrogens (tertiary/aromatic N) is 4. The summed E-state index contributed by atoms with van der Waals surface area (Å²) in [4.78, 5) is 4.68. The average molecular weight is 404 g/mol. The third kappa shape index (κ3) is 3.97. The Morgan fingerprint density at radius 1 is 1.18 bits per heavy atom. The van der Waals surface area contributed by atoms with E-state index in [2.05, 4.69) is 40.4 Å². The number of ether oxygens (including phenoxy) is 1. The molecule has 0 aliphatic carbocycles. The molecule has 2 aromatic heterocycles. The standard InChI is InChI=1S/C20H25N5O2.ClH/c1-14-10-15(2)25(23-14)12-16-4-3-5-17(11-16)18-22-19(27-24-18)20(13-21)6-8-26-9-7-20;/h3-5,10-11H,6-9,12-13,21H2,1-2H3;1H. The van der Waals surface area contributed by atoms with E-state index < -0.39 is 0 Å². The lowest BCUT2D eigenvalue weighted by molar-refractivity contribution is 0.0409. The SMILES string of the molecule is Cc1cc(C)n(Cc2cccc(-c3noc(C4(CN)CCOCC4)n3)c2)n1.Cl. The lowest BCUT2D eigenvalue weighted by atomic mass is 9.80. The third-order valence-corrected chi connectivity index (χ3v) is 5.34. The van der Waals surface area contributed by atoms with Crippen molar-refractivity contribution in [2.45, 2.75) is 38.6 Å². The smallest absolute Gasteiger partial charge is 0.234 e. The number of rotatable bonds is 5. The Bertz CT molecular complexity index is 930. The van der Waals surface area contributed by atoms with Gasteiger partial charge in [-0.1, -0.05) is 23.4 Å². The van der Waals surface area contributed by atoms with Gasteiger partial charge < -0.3 is 15.0 Å². The molecule has 0 bridgehead atoms. The van der Waals surface area contributed by atoms with Crippen LogP contribution in [0.5, 0.6) is 0 Å². The Labute approximate surface area is 170 Å². The van der Waals surface area contributed by atoms with Crippen LogP contribution in [0.25, 0.3) is 11.4 Å². The summed E-state index contributed by atoms with van der Waals surface area (Å²) in [6.07, 6.45) is 1.62. The predicted octanol–water partition coefficient (Wildman–Crippen LogP) is 3.03. The quantitative estimate of drug-likeness (QED) is 0.703. The summed E-state index contributed by atoms with van der Waals surface area (Å²) in [5, 5.41) is 8.75. The number of nitrogens with two attached hydrogens (primary N) is 1. The molecule has 0 radical (unpaired) electrons. The molecule has 3 aromatic rings. The van der Waals surface area contributed by atoms with Crippen LogP contribution >= 0.6 is 12.4 Å². The molecule has 0 spiro atoms. The molecule has 3 heterocycles. The van der Waals surface area contributed by atoms with Crippen molar-refractivity contribution in [2.75, 3.05) is 19.8 Å². The molecule has 1 saturated heterocycles. The Balaban J connectivity index is 0.00000225. The first kappa shape index (κ1) is 20.5. The van der Waals surface area contributed by atoms with Crippen LogP contribution in [-0.2, 0) is 16.7 Å². The van der Waals surface area contributed by atoms with E-state index in [9.17, 15) is 0 Å². The lowest BCUT2D eigenvalue weighted by Crippen LogP contribution is -2.40. The molecule has 7 nitrogen and oxygen atoms in total. The van der Waals surface area contributed by atoms with Gasteiger partial charge in [-0.2, -0.15) is 10.1 Å². The summed E-state index contributed by atoms with van der Waals surface area (Å²) in [7, 11) is 0. The number of halogens is 1. The van der Waals surface area contributed by atoms with Crippen molar-refractivity contribution in [2.24, 2.45) is 5.73 Å². The highest BCUT2D eigenvalue weighted by Crippen LogP contribution is 2.33. The van der Waals surface area contributed by atoms with Crippen molar-refractivity contribution in [1.29, 1.82) is 0 Å². The molecule has 0 saturated carbocycles. The van der Waals surface area contributed by atoms with Gasteiger partial charge in [0.25, 0.3) is 0 Å². The van der Waals surface area contributed by atoms with E-state index in [4.69, 9.17) is 15.0 Å². The highest BCUT2D eigenvalue weighted by molar-refractivity contribution is 5.85. The van der Waals surface area contributed by atoms with E-state index in [0.717, 1.165) is 35.4 Å². The van der Waals surface area contributed by atoms with Gasteiger partial charge in [-0.3, -0.25) is 4.68 Å². The molecule has 0 atom stereocenters. The van der Waals surface area contributed by atoms with Gasteiger partial charge in [0, 0.05) is 31.0 Å². The van der Waals surface area contributed by atoms with E-state index in [1.807, 2.05) is 23.7 Å². The van der Waals surface area contributed by atoms with Crippen molar-refractivity contribution in [3.8, 4) is 11.4 Å². The molecule has 1 aliphatic rings. The molecule has 0 unspecified atom stereocenters. The van der Waals surface area contributed by atoms with E-state index in [1.54, 1.807) is 0 Å². The molecule has 28 heavy (non-hydrogen) atoms. The summed E-state index contributed by atoms with van der Waals surface area (Å²) >= 11 is 0. The van der Waals surface area contributed by atoms with Gasteiger partial charge in [-0.15, -0.1) is 12.4 Å². The minimum Gasteiger partial charge on any atom is -0.381 e. The van der Waals surface area contributed by atoms with Crippen LogP contribution in [0.4, 0.5) is 0 Å². The first-order valence-electron chi connectivity index (χ1n) is 9.32. The van der Waals surface area contributed by atoms with Gasteiger partial charge in [0.2, 0.25) is 11.7 Å².